The van der Waals surface area contributed by atoms with E-state index >= 15 is 0 Å². The average molecular weight is 246 g/mol. The standard InChI is InChI=1S/C12H14N4O2/c13-10-3-1-2-9(12(17)18)11(10)15-5-7-16-6-4-14-8-16/h1-4,6,8,15H,5,7,13H2,(H,17,18). The SMILES string of the molecule is Nc1cccc(C(=O)O)c1NCCn1ccnc1. The average Bonchev–Trinajstić information content (AvgIpc) is 2.84. The Hall–Kier alpha value is -2.50. The van der Waals surface area contributed by atoms with Crippen molar-refractivity contribution in [1.82, 2.24) is 9.55 Å². The molecule has 18 heavy (non-hydrogen) atoms. The first-order valence-corrected chi connectivity index (χ1v) is 5.50. The molecular formula is C12H14N4O2. The van der Waals surface area contributed by atoms with Crippen LogP contribution < -0.4 is 11.1 Å². The fourth-order valence-corrected chi connectivity index (χ4v) is 1.67. The molecule has 1 aromatic carbocycles. The Bertz CT molecular complexity index is 537. The number of aromatic carboxylic acids is 1. The molecule has 0 atom stereocenters. The summed E-state index contributed by atoms with van der Waals surface area (Å²) in [6.07, 6.45) is 5.24. The van der Waals surface area contributed by atoms with Gasteiger partial charge in [-0.05, 0) is 12.1 Å². The van der Waals surface area contributed by atoms with Gasteiger partial charge in [-0.25, -0.2) is 9.78 Å². The van der Waals surface area contributed by atoms with Crippen LogP contribution in [0.25, 0.3) is 0 Å². The zero-order chi connectivity index (χ0) is 13.0. The lowest BCUT2D eigenvalue weighted by molar-refractivity contribution is 0.0698. The molecule has 0 spiro atoms. The van der Waals surface area contributed by atoms with Crippen molar-refractivity contribution in [1.29, 1.82) is 0 Å². The van der Waals surface area contributed by atoms with Gasteiger partial charge in [-0.2, -0.15) is 0 Å². The summed E-state index contributed by atoms with van der Waals surface area (Å²) in [5, 5.41) is 12.1. The maximum Gasteiger partial charge on any atom is 0.337 e. The normalized spacial score (nSPS) is 10.2. The number of rotatable bonds is 5. The van der Waals surface area contributed by atoms with Crippen LogP contribution >= 0.6 is 0 Å². The highest BCUT2D eigenvalue weighted by molar-refractivity contribution is 5.97. The minimum absolute atomic E-state index is 0.181. The predicted octanol–water partition coefficient (Wildman–Crippen LogP) is 1.28. The van der Waals surface area contributed by atoms with Crippen LogP contribution in [-0.2, 0) is 6.54 Å². The number of nitrogens with one attached hydrogen (secondary N) is 1. The molecule has 0 aliphatic rings. The number of hydrogen-bond acceptors (Lipinski definition) is 4. The Morgan fingerprint density at radius 1 is 1.50 bits per heavy atom. The molecule has 0 saturated heterocycles. The number of para-hydroxylation sites is 1. The lowest BCUT2D eigenvalue weighted by Crippen LogP contribution is -2.13. The van der Waals surface area contributed by atoms with Crippen LogP contribution in [-0.4, -0.2) is 27.2 Å². The Balaban J connectivity index is 2.06. The molecule has 0 radical (unpaired) electrons. The molecule has 0 fully saturated rings. The van der Waals surface area contributed by atoms with Crippen LogP contribution in [0.1, 0.15) is 10.4 Å². The van der Waals surface area contributed by atoms with Gasteiger partial charge in [0.15, 0.2) is 0 Å². The Morgan fingerprint density at radius 2 is 2.33 bits per heavy atom. The second kappa shape index (κ2) is 5.22. The molecule has 1 aromatic heterocycles. The van der Waals surface area contributed by atoms with Gasteiger partial charge in [-0.1, -0.05) is 6.07 Å². The van der Waals surface area contributed by atoms with Gasteiger partial charge in [-0.3, -0.25) is 0 Å². The van der Waals surface area contributed by atoms with E-state index in [0.29, 0.717) is 24.5 Å². The third-order valence-electron chi connectivity index (χ3n) is 2.56. The highest BCUT2D eigenvalue weighted by atomic mass is 16.4. The summed E-state index contributed by atoms with van der Waals surface area (Å²) in [5.74, 6) is -0.993. The fraction of sp³-hybridized carbons (Fsp3) is 0.167. The van der Waals surface area contributed by atoms with Crippen molar-refractivity contribution in [3.8, 4) is 0 Å². The van der Waals surface area contributed by atoms with E-state index in [4.69, 9.17) is 10.8 Å². The number of carboxylic acid groups (broad SMARTS) is 1. The summed E-state index contributed by atoms with van der Waals surface area (Å²) < 4.78 is 1.90. The Kier molecular flexibility index (Phi) is 3.47. The molecule has 1 heterocycles. The van der Waals surface area contributed by atoms with Crippen LogP contribution in [0, 0.1) is 0 Å². The van der Waals surface area contributed by atoms with E-state index in [9.17, 15) is 4.79 Å². The molecule has 0 unspecified atom stereocenters. The van der Waals surface area contributed by atoms with Crippen molar-refractivity contribution in [2.45, 2.75) is 6.54 Å². The molecule has 0 bridgehead atoms. The Labute approximate surface area is 104 Å². The predicted molar refractivity (Wildman–Crippen MR) is 68.5 cm³/mol. The van der Waals surface area contributed by atoms with E-state index in [1.165, 1.54) is 6.07 Å². The summed E-state index contributed by atoms with van der Waals surface area (Å²) in [6.45, 7) is 1.26. The van der Waals surface area contributed by atoms with Gasteiger partial charge >= 0.3 is 5.97 Å². The number of carbonyl (C=O) groups is 1. The number of nitrogens with zero attached hydrogens (tertiary/aromatic N) is 2. The molecule has 6 heteroatoms. The molecule has 4 N–H and O–H groups in total. The van der Waals surface area contributed by atoms with E-state index < -0.39 is 5.97 Å². The fourth-order valence-electron chi connectivity index (χ4n) is 1.67. The van der Waals surface area contributed by atoms with Crippen molar-refractivity contribution < 1.29 is 9.90 Å². The first-order valence-electron chi connectivity index (χ1n) is 5.50. The van der Waals surface area contributed by atoms with Gasteiger partial charge in [0.05, 0.1) is 23.3 Å². The van der Waals surface area contributed by atoms with Crippen LogP contribution in [0.3, 0.4) is 0 Å². The van der Waals surface area contributed by atoms with Crippen LogP contribution in [0.15, 0.2) is 36.9 Å². The second-order valence-corrected chi connectivity index (χ2v) is 3.80. The monoisotopic (exact) mass is 246 g/mol. The Morgan fingerprint density at radius 3 is 3.00 bits per heavy atom. The van der Waals surface area contributed by atoms with Gasteiger partial charge in [0.1, 0.15) is 0 Å². The molecule has 0 amide bonds. The van der Waals surface area contributed by atoms with E-state index in [-0.39, 0.29) is 5.56 Å². The molecule has 6 nitrogen and oxygen atoms in total. The highest BCUT2D eigenvalue weighted by Crippen LogP contribution is 2.23. The van der Waals surface area contributed by atoms with Crippen molar-refractivity contribution in [2.75, 3.05) is 17.6 Å². The minimum Gasteiger partial charge on any atom is -0.478 e. The maximum atomic E-state index is 11.1. The third-order valence-corrected chi connectivity index (χ3v) is 2.56. The van der Waals surface area contributed by atoms with E-state index in [0.717, 1.165) is 0 Å². The number of benzene rings is 1. The quantitative estimate of drug-likeness (QED) is 0.691. The maximum absolute atomic E-state index is 11.1. The largest absolute Gasteiger partial charge is 0.478 e. The molecular weight excluding hydrogens is 232 g/mol. The number of hydrogen-bond donors (Lipinski definition) is 3. The van der Waals surface area contributed by atoms with E-state index in [1.807, 2.05) is 10.8 Å². The highest BCUT2D eigenvalue weighted by Gasteiger charge is 2.11. The molecule has 0 aliphatic heterocycles. The first kappa shape index (κ1) is 12.0. The number of aromatic nitrogens is 2. The number of nitrogen functional groups attached to an aromatic ring is 1. The van der Waals surface area contributed by atoms with Gasteiger partial charge in [-0.15, -0.1) is 0 Å². The van der Waals surface area contributed by atoms with Crippen LogP contribution in [0.4, 0.5) is 11.4 Å². The van der Waals surface area contributed by atoms with Crippen molar-refractivity contribution in [3.05, 3.63) is 42.5 Å². The first-order chi connectivity index (χ1) is 8.68. The summed E-state index contributed by atoms with van der Waals surface area (Å²) in [6, 6.07) is 4.82. The molecule has 94 valence electrons. The summed E-state index contributed by atoms with van der Waals surface area (Å²) in [7, 11) is 0. The van der Waals surface area contributed by atoms with E-state index in [2.05, 4.69) is 10.3 Å². The van der Waals surface area contributed by atoms with Crippen LogP contribution in [0.2, 0.25) is 0 Å². The zero-order valence-electron chi connectivity index (χ0n) is 9.71. The molecule has 2 aromatic rings. The van der Waals surface area contributed by atoms with Crippen molar-refractivity contribution in [3.63, 3.8) is 0 Å². The minimum atomic E-state index is -0.993. The van der Waals surface area contributed by atoms with Gasteiger partial charge in [0.2, 0.25) is 0 Å². The van der Waals surface area contributed by atoms with Crippen LogP contribution in [0.5, 0.6) is 0 Å². The molecule has 0 saturated carbocycles. The van der Waals surface area contributed by atoms with Gasteiger partial charge in [0, 0.05) is 25.5 Å². The molecule has 2 rings (SSSR count). The van der Waals surface area contributed by atoms with Crippen molar-refractivity contribution in [2.24, 2.45) is 0 Å². The molecule has 0 aliphatic carbocycles. The summed E-state index contributed by atoms with van der Waals surface area (Å²) in [5.41, 5.74) is 6.85. The lowest BCUT2D eigenvalue weighted by atomic mass is 10.1. The smallest absolute Gasteiger partial charge is 0.337 e. The topological polar surface area (TPSA) is 93.2 Å². The lowest BCUT2D eigenvalue weighted by Gasteiger charge is -2.12. The zero-order valence-corrected chi connectivity index (χ0v) is 9.71. The number of anilines is 2. The second-order valence-electron chi connectivity index (χ2n) is 3.80. The summed E-state index contributed by atoms with van der Waals surface area (Å²) >= 11 is 0. The third kappa shape index (κ3) is 2.60. The van der Waals surface area contributed by atoms with Gasteiger partial charge in [0.25, 0.3) is 0 Å². The number of imidazole rings is 1. The number of carboxylic acids is 1. The van der Waals surface area contributed by atoms with Gasteiger partial charge < -0.3 is 20.7 Å². The number of nitrogens with two attached hydrogens (primary N) is 1. The van der Waals surface area contributed by atoms with Crippen molar-refractivity contribution >= 4 is 17.3 Å². The summed E-state index contributed by atoms with van der Waals surface area (Å²) in [4.78, 5) is 15.0. The van der Waals surface area contributed by atoms with E-state index in [1.54, 1.807) is 24.7 Å².